The zero-order valence-corrected chi connectivity index (χ0v) is 23.0. The molecule has 2 aromatic carbocycles. The van der Waals surface area contributed by atoms with Gasteiger partial charge in [0.05, 0.1) is 27.2 Å². The summed E-state index contributed by atoms with van der Waals surface area (Å²) in [4.78, 5) is 25.1. The molecule has 1 aliphatic rings. The average Bonchev–Trinajstić information content (AvgIpc) is 2.91. The van der Waals surface area contributed by atoms with Crippen LogP contribution in [-0.2, 0) is 4.74 Å². The Kier molecular flexibility index (Phi) is 7.84. The molecule has 0 aliphatic carbocycles. The summed E-state index contributed by atoms with van der Waals surface area (Å²) in [6.45, 7) is 6.17. The van der Waals surface area contributed by atoms with Crippen LogP contribution in [0.3, 0.4) is 0 Å². The van der Waals surface area contributed by atoms with Gasteiger partial charge in [-0.15, -0.1) is 0 Å². The van der Waals surface area contributed by atoms with Gasteiger partial charge in [-0.3, -0.25) is 9.36 Å². The maximum absolute atomic E-state index is 13.6. The second-order valence-electron chi connectivity index (χ2n) is 9.76. The lowest BCUT2D eigenvalue weighted by molar-refractivity contribution is 0.240. The van der Waals surface area contributed by atoms with E-state index >= 15 is 0 Å². The van der Waals surface area contributed by atoms with E-state index in [1.54, 1.807) is 19.4 Å². The van der Waals surface area contributed by atoms with Crippen LogP contribution in [0.4, 0.5) is 17.3 Å². The van der Waals surface area contributed by atoms with Crippen molar-refractivity contribution in [2.24, 2.45) is 5.73 Å². The van der Waals surface area contributed by atoms with E-state index in [0.29, 0.717) is 33.1 Å². The van der Waals surface area contributed by atoms with Crippen molar-refractivity contribution in [1.29, 1.82) is 0 Å². The lowest BCUT2D eigenvalue weighted by atomic mass is 10.0. The number of fused-ring (bicyclic) bond motifs is 1. The normalized spacial score (nSPS) is 13.8. The first kappa shape index (κ1) is 26.7. The molecule has 0 spiro atoms. The highest BCUT2D eigenvalue weighted by atomic mass is 35.5. The third-order valence-electron chi connectivity index (χ3n) is 6.95. The molecule has 0 radical (unpaired) electrons. The standard InChI is InChI=1S/C30H31ClN6O2/c1-19-6-4-8-25(31)28(19)37-18-21(7-5-15-39-3)27-24(29(37)38)17-33-30(35-27)34-23-9-10-26(20(2)16-23)36-13-11-22(32)12-14-36/h4,6,8-10,16-18,22H,11-15,32H2,1-3H3,(H,33,34,35). The fourth-order valence-electron chi connectivity index (χ4n) is 4.93. The number of hydrogen-bond donors (Lipinski definition) is 2. The third kappa shape index (κ3) is 5.62. The van der Waals surface area contributed by atoms with Crippen LogP contribution in [0.2, 0.25) is 5.02 Å². The van der Waals surface area contributed by atoms with Crippen molar-refractivity contribution in [1.82, 2.24) is 14.5 Å². The van der Waals surface area contributed by atoms with Crippen LogP contribution in [0.15, 0.2) is 53.6 Å². The zero-order chi connectivity index (χ0) is 27.5. The Morgan fingerprint density at radius 3 is 2.69 bits per heavy atom. The number of methoxy groups -OCH3 is 1. The van der Waals surface area contributed by atoms with Crippen molar-refractivity contribution in [2.75, 3.05) is 37.0 Å². The fourth-order valence-corrected chi connectivity index (χ4v) is 5.24. The van der Waals surface area contributed by atoms with Gasteiger partial charge >= 0.3 is 0 Å². The molecule has 8 nitrogen and oxygen atoms in total. The van der Waals surface area contributed by atoms with Crippen molar-refractivity contribution < 1.29 is 4.74 Å². The number of benzene rings is 2. The van der Waals surface area contributed by atoms with Crippen molar-refractivity contribution in [3.8, 4) is 17.5 Å². The highest BCUT2D eigenvalue weighted by Gasteiger charge is 2.19. The van der Waals surface area contributed by atoms with E-state index in [9.17, 15) is 4.79 Å². The lowest BCUT2D eigenvalue weighted by Crippen LogP contribution is -2.39. The molecule has 9 heteroatoms. The number of para-hydroxylation sites is 1. The number of pyridine rings is 1. The van der Waals surface area contributed by atoms with E-state index in [1.165, 1.54) is 16.5 Å². The molecule has 3 N–H and O–H groups in total. The molecular formula is C30H31ClN6O2. The maximum atomic E-state index is 13.6. The van der Waals surface area contributed by atoms with Gasteiger partial charge in [-0.1, -0.05) is 35.6 Å². The number of anilines is 3. The number of nitrogens with zero attached hydrogens (tertiary/aromatic N) is 4. The Morgan fingerprint density at radius 1 is 1.18 bits per heavy atom. The topological polar surface area (TPSA) is 98.3 Å². The molecule has 4 aromatic rings. The average molecular weight is 543 g/mol. The molecule has 0 amide bonds. The van der Waals surface area contributed by atoms with Crippen LogP contribution in [0, 0.1) is 25.7 Å². The summed E-state index contributed by atoms with van der Waals surface area (Å²) in [7, 11) is 1.58. The smallest absolute Gasteiger partial charge is 0.266 e. The van der Waals surface area contributed by atoms with Crippen LogP contribution >= 0.6 is 11.6 Å². The Balaban J connectivity index is 1.53. The summed E-state index contributed by atoms with van der Waals surface area (Å²) in [6, 6.07) is 12.0. The SMILES string of the molecule is COCC#Cc1cn(-c2c(C)cccc2Cl)c(=O)c2cnc(Nc3ccc(N4CCC(N)CC4)c(C)c3)nc12. The number of halogens is 1. The van der Waals surface area contributed by atoms with E-state index < -0.39 is 0 Å². The molecule has 0 unspecified atom stereocenters. The zero-order valence-electron chi connectivity index (χ0n) is 22.3. The number of nitrogens with two attached hydrogens (primary N) is 1. The van der Waals surface area contributed by atoms with Crippen LogP contribution < -0.4 is 21.5 Å². The predicted octanol–water partition coefficient (Wildman–Crippen LogP) is 4.72. The molecule has 3 heterocycles. The molecular weight excluding hydrogens is 512 g/mol. The van der Waals surface area contributed by atoms with E-state index in [4.69, 9.17) is 27.1 Å². The number of aromatic nitrogens is 3. The monoisotopic (exact) mass is 542 g/mol. The molecule has 1 fully saturated rings. The fraction of sp³-hybridized carbons (Fsp3) is 0.300. The maximum Gasteiger partial charge on any atom is 0.266 e. The number of ether oxygens (including phenoxy) is 1. The Hall–Kier alpha value is -3.90. The van der Waals surface area contributed by atoms with E-state index in [0.717, 1.165) is 42.7 Å². The van der Waals surface area contributed by atoms with Gasteiger partial charge < -0.3 is 20.7 Å². The molecule has 0 atom stereocenters. The Morgan fingerprint density at radius 2 is 1.97 bits per heavy atom. The molecule has 2 aromatic heterocycles. The first-order chi connectivity index (χ1) is 18.9. The first-order valence-electron chi connectivity index (χ1n) is 12.9. The summed E-state index contributed by atoms with van der Waals surface area (Å²) in [5.41, 5.74) is 11.5. The van der Waals surface area contributed by atoms with Crippen LogP contribution in [0.5, 0.6) is 0 Å². The van der Waals surface area contributed by atoms with Gasteiger partial charge in [-0.25, -0.2) is 9.97 Å². The second kappa shape index (κ2) is 11.5. The minimum atomic E-state index is -0.272. The highest BCUT2D eigenvalue weighted by Crippen LogP contribution is 2.28. The van der Waals surface area contributed by atoms with Gasteiger partial charge in [0.2, 0.25) is 5.95 Å². The molecule has 5 rings (SSSR count). The van der Waals surface area contributed by atoms with Crippen molar-refractivity contribution in [3.63, 3.8) is 0 Å². The van der Waals surface area contributed by atoms with Gasteiger partial charge in [-0.05, 0) is 62.1 Å². The number of nitrogens with one attached hydrogen (secondary N) is 1. The summed E-state index contributed by atoms with van der Waals surface area (Å²) in [5.74, 6) is 6.45. The summed E-state index contributed by atoms with van der Waals surface area (Å²) >= 11 is 6.50. The van der Waals surface area contributed by atoms with Gasteiger partial charge in [0, 0.05) is 50.0 Å². The summed E-state index contributed by atoms with van der Waals surface area (Å²) in [6.07, 6.45) is 5.21. The molecule has 200 valence electrons. The number of piperidine rings is 1. The molecule has 0 bridgehead atoms. The predicted molar refractivity (Wildman–Crippen MR) is 158 cm³/mol. The molecule has 39 heavy (non-hydrogen) atoms. The number of aryl methyl sites for hydroxylation is 2. The van der Waals surface area contributed by atoms with E-state index in [-0.39, 0.29) is 18.2 Å². The third-order valence-corrected chi connectivity index (χ3v) is 7.26. The van der Waals surface area contributed by atoms with Crippen LogP contribution in [0.25, 0.3) is 16.6 Å². The van der Waals surface area contributed by atoms with Gasteiger partial charge in [0.1, 0.15) is 6.61 Å². The second-order valence-corrected chi connectivity index (χ2v) is 10.2. The van der Waals surface area contributed by atoms with Crippen molar-refractivity contribution in [3.05, 3.63) is 80.9 Å². The summed E-state index contributed by atoms with van der Waals surface area (Å²) in [5, 5.41) is 4.11. The lowest BCUT2D eigenvalue weighted by Gasteiger charge is -2.33. The largest absolute Gasteiger partial charge is 0.372 e. The molecule has 1 aliphatic heterocycles. The first-order valence-corrected chi connectivity index (χ1v) is 13.3. The van der Waals surface area contributed by atoms with Crippen LogP contribution in [0.1, 0.15) is 29.5 Å². The molecule has 1 saturated heterocycles. The molecule has 0 saturated carbocycles. The van der Waals surface area contributed by atoms with E-state index in [1.807, 2.05) is 25.1 Å². The minimum Gasteiger partial charge on any atom is -0.372 e. The Bertz CT molecular complexity index is 1630. The minimum absolute atomic E-state index is 0.247. The number of rotatable bonds is 5. The van der Waals surface area contributed by atoms with Gasteiger partial charge in [-0.2, -0.15) is 0 Å². The summed E-state index contributed by atoms with van der Waals surface area (Å²) < 4.78 is 6.62. The Labute approximate surface area is 232 Å². The van der Waals surface area contributed by atoms with Gasteiger partial charge in [0.15, 0.2) is 0 Å². The van der Waals surface area contributed by atoms with Crippen molar-refractivity contribution >= 4 is 39.8 Å². The highest BCUT2D eigenvalue weighted by molar-refractivity contribution is 6.32. The van der Waals surface area contributed by atoms with E-state index in [2.05, 4.69) is 46.1 Å². The number of hydrogen-bond acceptors (Lipinski definition) is 7. The van der Waals surface area contributed by atoms with Crippen LogP contribution in [-0.4, -0.2) is 47.4 Å². The van der Waals surface area contributed by atoms with Gasteiger partial charge in [0.25, 0.3) is 5.56 Å². The quantitative estimate of drug-likeness (QED) is 0.352. The van der Waals surface area contributed by atoms with Crippen molar-refractivity contribution in [2.45, 2.75) is 32.7 Å².